The zero-order chi connectivity index (χ0) is 22.8. The van der Waals surface area contributed by atoms with Gasteiger partial charge in [-0.2, -0.15) is 17.0 Å². The molecule has 2 unspecified atom stereocenters. The van der Waals surface area contributed by atoms with E-state index in [0.29, 0.717) is 24.3 Å². The van der Waals surface area contributed by atoms with Gasteiger partial charge in [0.15, 0.2) is 0 Å². The minimum Gasteiger partial charge on any atom is -0.462 e. The van der Waals surface area contributed by atoms with Gasteiger partial charge in [-0.15, -0.1) is 0 Å². The number of ether oxygens (including phenoxy) is 2. The lowest BCUT2D eigenvalue weighted by molar-refractivity contribution is -0.0457. The molecule has 0 aliphatic carbocycles. The fraction of sp³-hybridized carbons (Fsp3) is 0.650. The van der Waals surface area contributed by atoms with E-state index in [4.69, 9.17) is 9.47 Å². The third-order valence-corrected chi connectivity index (χ3v) is 7.33. The molecular weight excluding hydrogens is 424 g/mol. The Morgan fingerprint density at radius 2 is 1.71 bits per heavy atom. The van der Waals surface area contributed by atoms with Crippen molar-refractivity contribution >= 4 is 22.1 Å². The van der Waals surface area contributed by atoms with Gasteiger partial charge in [0.1, 0.15) is 5.69 Å². The van der Waals surface area contributed by atoms with Gasteiger partial charge in [-0.25, -0.2) is 9.78 Å². The van der Waals surface area contributed by atoms with Crippen LogP contribution in [0.15, 0.2) is 12.1 Å². The smallest absolute Gasteiger partial charge is 0.339 e. The van der Waals surface area contributed by atoms with Crippen molar-refractivity contribution < 1.29 is 27.5 Å². The SMILES string of the molecule is CCOC(=O)c1ccc(C(=O)N2CCN(S(=O)(=O)N3CC(C)OC(C)C3)CC2)nc1C. The van der Waals surface area contributed by atoms with Crippen molar-refractivity contribution in [3.8, 4) is 0 Å². The number of aryl methyl sites for hydroxylation is 1. The van der Waals surface area contributed by atoms with Gasteiger partial charge in [-0.1, -0.05) is 0 Å². The Kier molecular flexibility index (Phi) is 7.30. The molecule has 1 aromatic heterocycles. The second-order valence-electron chi connectivity index (χ2n) is 7.82. The minimum absolute atomic E-state index is 0.159. The van der Waals surface area contributed by atoms with Gasteiger partial charge in [0.25, 0.3) is 16.1 Å². The molecule has 2 aliphatic rings. The van der Waals surface area contributed by atoms with Gasteiger partial charge in [-0.05, 0) is 39.8 Å². The van der Waals surface area contributed by atoms with Gasteiger partial charge in [0.2, 0.25) is 0 Å². The molecule has 1 amide bonds. The molecule has 11 heteroatoms. The molecule has 10 nitrogen and oxygen atoms in total. The van der Waals surface area contributed by atoms with E-state index in [0.717, 1.165) is 0 Å². The first-order valence-electron chi connectivity index (χ1n) is 10.5. The maximum atomic E-state index is 13.0. The Morgan fingerprint density at radius 1 is 1.10 bits per heavy atom. The van der Waals surface area contributed by atoms with Crippen molar-refractivity contribution in [2.75, 3.05) is 45.9 Å². The molecule has 3 heterocycles. The van der Waals surface area contributed by atoms with E-state index < -0.39 is 16.2 Å². The molecule has 172 valence electrons. The number of rotatable bonds is 5. The Labute approximate surface area is 183 Å². The molecule has 3 rings (SSSR count). The van der Waals surface area contributed by atoms with Crippen LogP contribution in [0.4, 0.5) is 0 Å². The molecule has 0 saturated carbocycles. The molecule has 31 heavy (non-hydrogen) atoms. The van der Waals surface area contributed by atoms with Crippen molar-refractivity contribution in [1.82, 2.24) is 18.5 Å². The lowest BCUT2D eigenvalue weighted by Crippen LogP contribution is -2.57. The molecule has 0 radical (unpaired) electrons. The summed E-state index contributed by atoms with van der Waals surface area (Å²) in [6.07, 6.45) is -0.318. The van der Waals surface area contributed by atoms with Crippen LogP contribution in [0.2, 0.25) is 0 Å². The van der Waals surface area contributed by atoms with Gasteiger partial charge >= 0.3 is 5.97 Å². The van der Waals surface area contributed by atoms with Crippen molar-refractivity contribution in [2.24, 2.45) is 0 Å². The largest absolute Gasteiger partial charge is 0.462 e. The van der Waals surface area contributed by atoms with Gasteiger partial charge in [-0.3, -0.25) is 4.79 Å². The van der Waals surface area contributed by atoms with Gasteiger partial charge < -0.3 is 14.4 Å². The van der Waals surface area contributed by atoms with Crippen LogP contribution in [0, 0.1) is 6.92 Å². The van der Waals surface area contributed by atoms with Gasteiger partial charge in [0, 0.05) is 39.3 Å². The van der Waals surface area contributed by atoms with Crippen LogP contribution in [0.5, 0.6) is 0 Å². The number of carbonyl (C=O) groups is 2. The highest BCUT2D eigenvalue weighted by Gasteiger charge is 2.37. The topological polar surface area (TPSA) is 109 Å². The first kappa shape index (κ1) is 23.6. The molecule has 0 bridgehead atoms. The summed E-state index contributed by atoms with van der Waals surface area (Å²) >= 11 is 0. The van der Waals surface area contributed by atoms with Crippen LogP contribution in [-0.2, 0) is 19.7 Å². The summed E-state index contributed by atoms with van der Waals surface area (Å²) in [6.45, 7) is 8.96. The summed E-state index contributed by atoms with van der Waals surface area (Å²) < 4.78 is 39.5. The van der Waals surface area contributed by atoms with Gasteiger partial charge in [0.05, 0.1) is 30.1 Å². The fourth-order valence-electron chi connectivity index (χ4n) is 3.87. The molecule has 2 saturated heterocycles. The van der Waals surface area contributed by atoms with Crippen LogP contribution in [0.25, 0.3) is 0 Å². The van der Waals surface area contributed by atoms with E-state index in [1.54, 1.807) is 18.7 Å². The highest BCUT2D eigenvalue weighted by Crippen LogP contribution is 2.19. The first-order valence-corrected chi connectivity index (χ1v) is 11.9. The number of pyridine rings is 1. The second kappa shape index (κ2) is 9.60. The summed E-state index contributed by atoms with van der Waals surface area (Å²) in [4.78, 5) is 30.6. The number of hydrogen-bond acceptors (Lipinski definition) is 7. The number of piperazine rings is 1. The Morgan fingerprint density at radius 3 is 2.26 bits per heavy atom. The average Bonchev–Trinajstić information content (AvgIpc) is 2.72. The number of morpholine rings is 1. The normalized spacial score (nSPS) is 23.5. The second-order valence-corrected chi connectivity index (χ2v) is 9.75. The Balaban J connectivity index is 1.63. The van der Waals surface area contributed by atoms with E-state index in [1.165, 1.54) is 20.7 Å². The highest BCUT2D eigenvalue weighted by atomic mass is 32.2. The van der Waals surface area contributed by atoms with Crippen LogP contribution >= 0.6 is 0 Å². The Bertz CT molecular complexity index is 920. The highest BCUT2D eigenvalue weighted by molar-refractivity contribution is 7.86. The van der Waals surface area contributed by atoms with E-state index >= 15 is 0 Å². The van der Waals surface area contributed by atoms with E-state index in [-0.39, 0.29) is 56.6 Å². The lowest BCUT2D eigenvalue weighted by atomic mass is 10.1. The predicted molar refractivity (Wildman–Crippen MR) is 113 cm³/mol. The molecule has 1 aromatic rings. The molecule has 2 aliphatic heterocycles. The number of carbonyl (C=O) groups excluding carboxylic acids is 2. The van der Waals surface area contributed by atoms with Crippen molar-refractivity contribution in [2.45, 2.75) is 39.9 Å². The predicted octanol–water partition coefficient (Wildman–Crippen LogP) is 0.679. The summed E-state index contributed by atoms with van der Waals surface area (Å²) in [5, 5.41) is 0. The molecule has 2 atom stereocenters. The van der Waals surface area contributed by atoms with Crippen molar-refractivity contribution in [1.29, 1.82) is 0 Å². The van der Waals surface area contributed by atoms with Crippen molar-refractivity contribution in [3.05, 3.63) is 29.1 Å². The average molecular weight is 455 g/mol. The lowest BCUT2D eigenvalue weighted by Gasteiger charge is -2.40. The molecule has 0 spiro atoms. The minimum atomic E-state index is -3.61. The zero-order valence-electron chi connectivity index (χ0n) is 18.4. The third kappa shape index (κ3) is 5.22. The third-order valence-electron chi connectivity index (χ3n) is 5.36. The van der Waals surface area contributed by atoms with Crippen molar-refractivity contribution in [3.63, 3.8) is 0 Å². The molecule has 2 fully saturated rings. The van der Waals surface area contributed by atoms with E-state index in [2.05, 4.69) is 4.98 Å². The first-order chi connectivity index (χ1) is 14.6. The van der Waals surface area contributed by atoms with Crippen LogP contribution < -0.4 is 0 Å². The number of amides is 1. The fourth-order valence-corrected chi connectivity index (χ4v) is 5.62. The van der Waals surface area contributed by atoms with Crippen LogP contribution in [0.3, 0.4) is 0 Å². The zero-order valence-corrected chi connectivity index (χ0v) is 19.2. The molecule has 0 aromatic carbocycles. The number of aromatic nitrogens is 1. The molecular formula is C20H30N4O6S. The van der Waals surface area contributed by atoms with Crippen LogP contribution in [-0.4, -0.2) is 96.9 Å². The molecule has 0 N–H and O–H groups in total. The van der Waals surface area contributed by atoms with E-state index in [1.807, 2.05) is 13.8 Å². The summed E-state index contributed by atoms with van der Waals surface area (Å²) in [7, 11) is -3.61. The number of nitrogens with zero attached hydrogens (tertiary/aromatic N) is 4. The number of esters is 1. The summed E-state index contributed by atoms with van der Waals surface area (Å²) in [5.41, 5.74) is 0.960. The maximum Gasteiger partial charge on any atom is 0.339 e. The number of hydrogen-bond donors (Lipinski definition) is 0. The van der Waals surface area contributed by atoms with E-state index in [9.17, 15) is 18.0 Å². The quantitative estimate of drug-likeness (QED) is 0.602. The standard InChI is InChI=1S/C20H30N4O6S/c1-5-29-20(26)17-6-7-18(21-16(17)4)19(25)22-8-10-23(11-9-22)31(27,28)24-12-14(2)30-15(3)13-24/h6-7,14-15H,5,8-13H2,1-4H3. The maximum absolute atomic E-state index is 13.0. The monoisotopic (exact) mass is 454 g/mol. The summed E-state index contributed by atoms with van der Waals surface area (Å²) in [6, 6.07) is 3.04. The Hall–Kier alpha value is -2.08. The van der Waals surface area contributed by atoms with Crippen LogP contribution in [0.1, 0.15) is 47.3 Å². The summed E-state index contributed by atoms with van der Waals surface area (Å²) in [5.74, 6) is -0.763.